The van der Waals surface area contributed by atoms with Crippen LogP contribution in [0.2, 0.25) is 10.0 Å². The van der Waals surface area contributed by atoms with E-state index in [1.165, 1.54) is 12.1 Å². The van der Waals surface area contributed by atoms with Crippen LogP contribution in [-0.4, -0.2) is 35.7 Å². The van der Waals surface area contributed by atoms with Gasteiger partial charge in [0.2, 0.25) is 5.90 Å². The van der Waals surface area contributed by atoms with Gasteiger partial charge < -0.3 is 14.6 Å². The lowest BCUT2D eigenvalue weighted by Crippen LogP contribution is -2.53. The Labute approximate surface area is 278 Å². The summed E-state index contributed by atoms with van der Waals surface area (Å²) in [6.07, 6.45) is -0.733. The summed E-state index contributed by atoms with van der Waals surface area (Å²) in [5.74, 6) is -1.98. The van der Waals surface area contributed by atoms with Gasteiger partial charge in [0.1, 0.15) is 5.75 Å². The Bertz CT molecular complexity index is 1840. The molecule has 3 N–H and O–H groups in total. The molecule has 0 radical (unpaired) electrons. The molecule has 4 aromatic rings. The molecule has 0 saturated heterocycles. The minimum Gasteiger partial charge on any atom is -0.494 e. The predicted molar refractivity (Wildman–Crippen MR) is 173 cm³/mol. The maximum Gasteiger partial charge on any atom is 0.266 e. The van der Waals surface area contributed by atoms with Gasteiger partial charge in [0.15, 0.2) is 23.3 Å². The first-order chi connectivity index (χ1) is 22.7. The highest BCUT2D eigenvalue weighted by atomic mass is 35.5. The third kappa shape index (κ3) is 7.82. The molecular formula is C33H28Cl2F2N6O4. The van der Waals surface area contributed by atoms with E-state index in [2.05, 4.69) is 20.9 Å². The molecule has 0 spiro atoms. The third-order valence-electron chi connectivity index (χ3n) is 7.36. The first kappa shape index (κ1) is 33.6. The van der Waals surface area contributed by atoms with Crippen molar-refractivity contribution < 1.29 is 28.2 Å². The number of carbonyl (C=O) groups excluding carboxylic acids is 1. The second-order valence-electron chi connectivity index (χ2n) is 10.5. The molecule has 1 amide bonds. The zero-order valence-corrected chi connectivity index (χ0v) is 26.2. The van der Waals surface area contributed by atoms with Gasteiger partial charge in [0.05, 0.1) is 6.61 Å². The number of hydrazine groups is 1. The SMILES string of the molecule is [N-]=[N+]=Nc1ccccc1C[C@]1(C(=O)NNCc2ccc(F)c(F)c2)N=C(c2ccc(OCCCO)cc2)O[C@H]1c1ccc(Cl)cc1Cl. The van der Waals surface area contributed by atoms with Gasteiger partial charge in [-0.2, -0.15) is 0 Å². The molecule has 0 unspecified atom stereocenters. The van der Waals surface area contributed by atoms with Gasteiger partial charge in [0.25, 0.3) is 5.91 Å². The zero-order valence-electron chi connectivity index (χ0n) is 24.7. The van der Waals surface area contributed by atoms with Crippen LogP contribution < -0.4 is 15.6 Å². The van der Waals surface area contributed by atoms with Gasteiger partial charge in [-0.15, -0.1) is 0 Å². The van der Waals surface area contributed by atoms with Crippen LogP contribution in [0.4, 0.5) is 14.5 Å². The Morgan fingerprint density at radius 2 is 1.85 bits per heavy atom. The number of ether oxygens (including phenoxy) is 2. The van der Waals surface area contributed by atoms with Crippen LogP contribution in [0, 0.1) is 11.6 Å². The highest BCUT2D eigenvalue weighted by Crippen LogP contribution is 2.46. The molecular weight excluding hydrogens is 653 g/mol. The van der Waals surface area contributed by atoms with E-state index in [9.17, 15) is 19.1 Å². The van der Waals surface area contributed by atoms with Crippen LogP contribution in [0.15, 0.2) is 95.0 Å². The number of rotatable bonds is 13. The number of hydrogen-bond acceptors (Lipinski definition) is 7. The van der Waals surface area contributed by atoms with Crippen LogP contribution in [0.25, 0.3) is 10.4 Å². The maximum absolute atomic E-state index is 14.4. The lowest BCUT2D eigenvalue weighted by Gasteiger charge is -2.31. The van der Waals surface area contributed by atoms with E-state index in [0.717, 1.165) is 12.1 Å². The second kappa shape index (κ2) is 15.3. The maximum atomic E-state index is 14.4. The average molecular weight is 682 g/mol. The van der Waals surface area contributed by atoms with Crippen LogP contribution in [0.3, 0.4) is 0 Å². The fraction of sp³-hybridized carbons (Fsp3) is 0.212. The molecule has 5 rings (SSSR count). The minimum absolute atomic E-state index is 0.0000266. The van der Waals surface area contributed by atoms with E-state index in [1.807, 2.05) is 0 Å². The number of halogens is 4. The summed E-state index contributed by atoms with van der Waals surface area (Å²) in [4.78, 5) is 22.2. The predicted octanol–water partition coefficient (Wildman–Crippen LogP) is 7.30. The number of nitrogens with one attached hydrogen (secondary N) is 2. The number of aliphatic imine (C=N–C) groups is 1. The normalized spacial score (nSPS) is 17.0. The third-order valence-corrected chi connectivity index (χ3v) is 7.92. The number of nitrogens with zero attached hydrogens (tertiary/aromatic N) is 4. The van der Waals surface area contributed by atoms with Gasteiger partial charge in [-0.1, -0.05) is 64.7 Å². The van der Waals surface area contributed by atoms with E-state index in [-0.39, 0.29) is 36.2 Å². The van der Waals surface area contributed by atoms with Gasteiger partial charge in [0, 0.05) is 57.8 Å². The van der Waals surface area contributed by atoms with E-state index in [1.54, 1.807) is 60.7 Å². The van der Waals surface area contributed by atoms with Crippen molar-refractivity contribution in [1.29, 1.82) is 0 Å². The first-order valence-corrected chi connectivity index (χ1v) is 15.2. The van der Waals surface area contributed by atoms with Gasteiger partial charge in [-0.05, 0) is 65.2 Å². The summed E-state index contributed by atoms with van der Waals surface area (Å²) in [5, 5.41) is 13.4. The molecule has 242 valence electrons. The van der Waals surface area contributed by atoms with Crippen molar-refractivity contribution in [2.24, 2.45) is 10.1 Å². The van der Waals surface area contributed by atoms with Gasteiger partial charge in [-0.3, -0.25) is 10.2 Å². The first-order valence-electron chi connectivity index (χ1n) is 14.4. The van der Waals surface area contributed by atoms with Gasteiger partial charge >= 0.3 is 0 Å². The highest BCUT2D eigenvalue weighted by Gasteiger charge is 2.54. The molecule has 10 nitrogen and oxygen atoms in total. The average Bonchev–Trinajstić information content (AvgIpc) is 3.44. The largest absolute Gasteiger partial charge is 0.494 e. The second-order valence-corrected chi connectivity index (χ2v) is 11.3. The molecule has 0 bridgehead atoms. The summed E-state index contributed by atoms with van der Waals surface area (Å²) >= 11 is 12.9. The number of carbonyl (C=O) groups is 1. The molecule has 47 heavy (non-hydrogen) atoms. The molecule has 1 aliphatic heterocycles. The van der Waals surface area contributed by atoms with Crippen LogP contribution in [-0.2, 0) is 22.5 Å². The molecule has 0 saturated carbocycles. The Morgan fingerprint density at radius 3 is 2.57 bits per heavy atom. The standard InChI is InChI=1S/C33H28Cl2F2N6O4/c34-23-9-12-25(26(35)17-23)30-33(18-22-4-1-2-5-29(22)41-43-38,32(45)42-39-19-20-6-13-27(36)28(37)16-20)40-31(47-30)21-7-10-24(11-8-21)46-15-3-14-44/h1-2,4-13,16-17,30,39,44H,3,14-15,18-19H2,(H,42,45)/t30-,33-/m0/s1. The topological polar surface area (TPSA) is 141 Å². The van der Waals surface area contributed by atoms with Crippen molar-refractivity contribution in [3.8, 4) is 5.75 Å². The summed E-state index contributed by atoms with van der Waals surface area (Å²) in [6.45, 7) is 0.283. The number of amides is 1. The van der Waals surface area contributed by atoms with Crippen LogP contribution in [0.5, 0.6) is 5.75 Å². The molecule has 0 aromatic heterocycles. The number of aliphatic hydroxyl groups is 1. The fourth-order valence-corrected chi connectivity index (χ4v) is 5.56. The summed E-state index contributed by atoms with van der Waals surface area (Å²) in [6, 6.07) is 21.8. The number of azide groups is 1. The van der Waals surface area contributed by atoms with E-state index >= 15 is 0 Å². The Hall–Kier alpha value is -4.71. The monoisotopic (exact) mass is 680 g/mol. The number of hydrogen-bond donors (Lipinski definition) is 3. The minimum atomic E-state index is -1.74. The van der Waals surface area contributed by atoms with Gasteiger partial charge in [-0.25, -0.2) is 19.2 Å². The van der Waals surface area contributed by atoms with E-state index < -0.39 is 29.2 Å². The molecule has 2 atom stereocenters. The Balaban J connectivity index is 1.58. The Kier molecular flexibility index (Phi) is 10.9. The lowest BCUT2D eigenvalue weighted by molar-refractivity contribution is -0.130. The smallest absolute Gasteiger partial charge is 0.266 e. The highest BCUT2D eigenvalue weighted by molar-refractivity contribution is 6.35. The fourth-order valence-electron chi connectivity index (χ4n) is 5.05. The lowest BCUT2D eigenvalue weighted by atomic mass is 9.81. The molecule has 0 aliphatic carbocycles. The van der Waals surface area contributed by atoms with Crippen molar-refractivity contribution in [2.45, 2.75) is 31.0 Å². The van der Waals surface area contributed by atoms with Crippen molar-refractivity contribution in [3.63, 3.8) is 0 Å². The van der Waals surface area contributed by atoms with Crippen molar-refractivity contribution in [2.75, 3.05) is 13.2 Å². The van der Waals surface area contributed by atoms with Crippen molar-refractivity contribution in [1.82, 2.24) is 10.9 Å². The molecule has 1 aliphatic rings. The van der Waals surface area contributed by atoms with Crippen molar-refractivity contribution >= 4 is 40.7 Å². The summed E-state index contributed by atoms with van der Waals surface area (Å²) < 4.78 is 39.4. The molecule has 4 aromatic carbocycles. The molecule has 14 heteroatoms. The van der Waals surface area contributed by atoms with Crippen LogP contribution >= 0.6 is 23.2 Å². The quantitative estimate of drug-likeness (QED) is 0.0447. The zero-order chi connectivity index (χ0) is 33.4. The molecule has 0 fully saturated rings. The molecule has 1 heterocycles. The number of aliphatic hydroxyl groups excluding tert-OH is 1. The van der Waals surface area contributed by atoms with E-state index in [4.69, 9.17) is 42.8 Å². The van der Waals surface area contributed by atoms with Crippen molar-refractivity contribution in [3.05, 3.63) is 139 Å². The summed E-state index contributed by atoms with van der Waals surface area (Å²) in [7, 11) is 0. The Morgan fingerprint density at radius 1 is 1.06 bits per heavy atom. The van der Waals surface area contributed by atoms with E-state index in [0.29, 0.717) is 46.1 Å². The summed E-state index contributed by atoms with van der Waals surface area (Å²) in [5.41, 5.74) is 15.0. The number of benzene rings is 4. The van der Waals surface area contributed by atoms with Crippen LogP contribution in [0.1, 0.15) is 34.8 Å².